The maximum atomic E-state index is 5.97. The second-order valence-corrected chi connectivity index (χ2v) is 5.47. The van der Waals surface area contributed by atoms with Crippen LogP contribution < -0.4 is 0 Å². The van der Waals surface area contributed by atoms with Crippen LogP contribution in [0.5, 0.6) is 0 Å². The Morgan fingerprint density at radius 2 is 1.71 bits per heavy atom. The molecule has 98 valence electrons. The van der Waals surface area contributed by atoms with E-state index in [9.17, 15) is 0 Å². The molecule has 0 aromatic rings. The smallest absolute Gasteiger partial charge is 0.177 e. The van der Waals surface area contributed by atoms with Crippen molar-refractivity contribution in [2.24, 2.45) is 5.41 Å². The highest BCUT2D eigenvalue weighted by atomic mass is 16.7. The minimum atomic E-state index is -0.318. The Labute approximate surface area is 105 Å². The first-order valence-corrected chi connectivity index (χ1v) is 7.20. The van der Waals surface area contributed by atoms with Crippen LogP contribution in [0.25, 0.3) is 0 Å². The molecule has 0 radical (unpaired) electrons. The van der Waals surface area contributed by atoms with Crippen molar-refractivity contribution in [1.82, 2.24) is 0 Å². The highest BCUT2D eigenvalue weighted by Crippen LogP contribution is 2.60. The predicted molar refractivity (Wildman–Crippen MR) is 69.9 cm³/mol. The van der Waals surface area contributed by atoms with E-state index in [0.29, 0.717) is 0 Å². The standard InChI is InChI=1S/C15H26O2/c1-3-5-6-7-8-9-15(16-12-13-17-15)14(4-2)10-11-14/h4H,2-3,5-13H2,1H3. The Kier molecular flexibility index (Phi) is 4.26. The van der Waals surface area contributed by atoms with Gasteiger partial charge in [-0.15, -0.1) is 6.58 Å². The molecule has 2 rings (SSSR count). The SMILES string of the molecule is C=CC1(C2(CCCCCCC)OCCO2)CC1. The third-order valence-electron chi connectivity index (χ3n) is 4.30. The molecule has 2 nitrogen and oxygen atoms in total. The van der Waals surface area contributed by atoms with Crippen LogP contribution in [0.3, 0.4) is 0 Å². The van der Waals surface area contributed by atoms with E-state index in [0.717, 1.165) is 19.6 Å². The van der Waals surface area contributed by atoms with Crippen LogP contribution in [0.1, 0.15) is 58.3 Å². The lowest BCUT2D eigenvalue weighted by Gasteiger charge is -2.34. The first-order valence-electron chi connectivity index (χ1n) is 7.20. The highest BCUT2D eigenvalue weighted by molar-refractivity contribution is 5.15. The molecule has 0 spiro atoms. The van der Waals surface area contributed by atoms with Gasteiger partial charge in [-0.2, -0.15) is 0 Å². The van der Waals surface area contributed by atoms with Crippen molar-refractivity contribution in [3.05, 3.63) is 12.7 Å². The minimum Gasteiger partial charge on any atom is -0.347 e. The van der Waals surface area contributed by atoms with Crippen molar-refractivity contribution in [1.29, 1.82) is 0 Å². The number of unbranched alkanes of at least 4 members (excludes halogenated alkanes) is 4. The summed E-state index contributed by atoms with van der Waals surface area (Å²) in [5.74, 6) is -0.318. The van der Waals surface area contributed by atoms with Crippen molar-refractivity contribution in [3.8, 4) is 0 Å². The van der Waals surface area contributed by atoms with E-state index in [-0.39, 0.29) is 11.2 Å². The topological polar surface area (TPSA) is 18.5 Å². The number of hydrogen-bond donors (Lipinski definition) is 0. The Balaban J connectivity index is 1.83. The van der Waals surface area contributed by atoms with Gasteiger partial charge in [-0.25, -0.2) is 0 Å². The van der Waals surface area contributed by atoms with Gasteiger partial charge >= 0.3 is 0 Å². The summed E-state index contributed by atoms with van der Waals surface area (Å²) in [5.41, 5.74) is 0.133. The van der Waals surface area contributed by atoms with Gasteiger partial charge in [-0.1, -0.05) is 38.7 Å². The van der Waals surface area contributed by atoms with Gasteiger partial charge in [-0.3, -0.25) is 0 Å². The molecule has 1 saturated heterocycles. The summed E-state index contributed by atoms with van der Waals surface area (Å²) in [5, 5.41) is 0. The van der Waals surface area contributed by atoms with Gasteiger partial charge in [0, 0.05) is 11.8 Å². The summed E-state index contributed by atoms with van der Waals surface area (Å²) >= 11 is 0. The third kappa shape index (κ3) is 2.58. The lowest BCUT2D eigenvalue weighted by molar-refractivity contribution is -0.199. The molecule has 2 fully saturated rings. The van der Waals surface area contributed by atoms with Crippen LogP contribution >= 0.6 is 0 Å². The van der Waals surface area contributed by atoms with Gasteiger partial charge in [0.15, 0.2) is 5.79 Å². The molecule has 2 heteroatoms. The largest absolute Gasteiger partial charge is 0.347 e. The Morgan fingerprint density at radius 3 is 2.24 bits per heavy atom. The zero-order valence-corrected chi connectivity index (χ0v) is 11.2. The summed E-state index contributed by atoms with van der Waals surface area (Å²) in [7, 11) is 0. The first-order chi connectivity index (χ1) is 8.29. The summed E-state index contributed by atoms with van der Waals surface area (Å²) in [6.07, 6.45) is 12.0. The first kappa shape index (κ1) is 13.1. The van der Waals surface area contributed by atoms with Crippen LogP contribution in [0.15, 0.2) is 12.7 Å². The number of rotatable bonds is 8. The fourth-order valence-electron chi connectivity index (χ4n) is 2.97. The summed E-state index contributed by atoms with van der Waals surface area (Å²) in [6.45, 7) is 7.74. The average Bonchev–Trinajstić information content (AvgIpc) is 3.03. The van der Waals surface area contributed by atoms with Crippen LogP contribution in [0.4, 0.5) is 0 Å². The molecule has 0 aromatic carbocycles. The number of ether oxygens (including phenoxy) is 2. The van der Waals surface area contributed by atoms with E-state index in [1.165, 1.54) is 44.9 Å². The van der Waals surface area contributed by atoms with Gasteiger partial charge in [-0.05, 0) is 19.3 Å². The molecule has 1 saturated carbocycles. The lowest BCUT2D eigenvalue weighted by atomic mass is 9.90. The summed E-state index contributed by atoms with van der Waals surface area (Å²) in [6, 6.07) is 0. The summed E-state index contributed by atoms with van der Waals surface area (Å²) in [4.78, 5) is 0. The van der Waals surface area contributed by atoms with E-state index >= 15 is 0 Å². The molecule has 1 aliphatic heterocycles. The molecule has 1 aliphatic carbocycles. The van der Waals surface area contributed by atoms with E-state index in [4.69, 9.17) is 9.47 Å². The second kappa shape index (κ2) is 5.53. The molecule has 2 aliphatic rings. The lowest BCUT2D eigenvalue weighted by Crippen LogP contribution is -2.39. The molecule has 0 aromatic heterocycles. The van der Waals surface area contributed by atoms with E-state index in [1.54, 1.807) is 0 Å². The van der Waals surface area contributed by atoms with Crippen molar-refractivity contribution >= 4 is 0 Å². The van der Waals surface area contributed by atoms with Gasteiger partial charge in [0.05, 0.1) is 13.2 Å². The molecule has 1 heterocycles. The number of hydrogen-bond acceptors (Lipinski definition) is 2. The normalized spacial score (nSPS) is 24.8. The van der Waals surface area contributed by atoms with E-state index in [1.807, 2.05) is 0 Å². The maximum absolute atomic E-state index is 5.97. The van der Waals surface area contributed by atoms with Gasteiger partial charge in [0.2, 0.25) is 0 Å². The Bertz CT molecular complexity index is 250. The molecular weight excluding hydrogens is 212 g/mol. The van der Waals surface area contributed by atoms with Crippen LogP contribution in [0, 0.1) is 5.41 Å². The van der Waals surface area contributed by atoms with Crippen LogP contribution in [0.2, 0.25) is 0 Å². The van der Waals surface area contributed by atoms with Crippen molar-refractivity contribution in [2.45, 2.75) is 64.1 Å². The summed E-state index contributed by atoms with van der Waals surface area (Å²) < 4.78 is 11.9. The fourth-order valence-corrected chi connectivity index (χ4v) is 2.97. The monoisotopic (exact) mass is 238 g/mol. The van der Waals surface area contributed by atoms with Crippen molar-refractivity contribution in [2.75, 3.05) is 13.2 Å². The quantitative estimate of drug-likeness (QED) is 0.469. The van der Waals surface area contributed by atoms with E-state index in [2.05, 4.69) is 19.6 Å². The van der Waals surface area contributed by atoms with Gasteiger partial charge in [0.25, 0.3) is 0 Å². The molecule has 0 bridgehead atoms. The molecule has 0 N–H and O–H groups in total. The maximum Gasteiger partial charge on any atom is 0.177 e. The van der Waals surface area contributed by atoms with Crippen LogP contribution in [-0.2, 0) is 9.47 Å². The average molecular weight is 238 g/mol. The predicted octanol–water partition coefficient (Wildman–Crippen LogP) is 4.06. The Hall–Kier alpha value is -0.340. The molecular formula is C15H26O2. The van der Waals surface area contributed by atoms with Crippen molar-refractivity contribution < 1.29 is 9.47 Å². The highest BCUT2D eigenvalue weighted by Gasteiger charge is 2.60. The second-order valence-electron chi connectivity index (χ2n) is 5.47. The van der Waals surface area contributed by atoms with Crippen molar-refractivity contribution in [3.63, 3.8) is 0 Å². The zero-order valence-electron chi connectivity index (χ0n) is 11.2. The Morgan fingerprint density at radius 1 is 1.06 bits per heavy atom. The van der Waals surface area contributed by atoms with Crippen LogP contribution in [-0.4, -0.2) is 19.0 Å². The third-order valence-corrected chi connectivity index (χ3v) is 4.30. The molecule has 17 heavy (non-hydrogen) atoms. The molecule has 0 atom stereocenters. The zero-order chi connectivity index (χ0) is 12.2. The van der Waals surface area contributed by atoms with E-state index < -0.39 is 0 Å². The van der Waals surface area contributed by atoms with Gasteiger partial charge in [0.1, 0.15) is 0 Å². The fraction of sp³-hybridized carbons (Fsp3) is 0.867. The molecule has 0 amide bonds. The van der Waals surface area contributed by atoms with Gasteiger partial charge < -0.3 is 9.47 Å². The molecule has 0 unspecified atom stereocenters. The minimum absolute atomic E-state index is 0.133.